The van der Waals surface area contributed by atoms with Gasteiger partial charge in [-0.3, -0.25) is 9.97 Å². The van der Waals surface area contributed by atoms with Crippen molar-refractivity contribution in [3.63, 3.8) is 0 Å². The van der Waals surface area contributed by atoms with Crippen molar-refractivity contribution in [2.75, 3.05) is 18.0 Å². The van der Waals surface area contributed by atoms with Crippen LogP contribution < -0.4 is 10.6 Å². The molecule has 2 aliphatic rings. The van der Waals surface area contributed by atoms with E-state index in [0.717, 1.165) is 59.0 Å². The van der Waals surface area contributed by atoms with Crippen molar-refractivity contribution in [3.8, 4) is 0 Å². The maximum Gasteiger partial charge on any atom is 0.147 e. The fourth-order valence-corrected chi connectivity index (χ4v) is 5.97. The minimum atomic E-state index is 0.0772. The minimum absolute atomic E-state index is 0.0772. The Labute approximate surface area is 191 Å². The van der Waals surface area contributed by atoms with E-state index < -0.39 is 0 Å². The summed E-state index contributed by atoms with van der Waals surface area (Å²) in [4.78, 5) is 21.9. The van der Waals surface area contributed by atoms with Crippen molar-refractivity contribution in [1.29, 1.82) is 0 Å². The molecule has 1 aliphatic carbocycles. The Morgan fingerprint density at radius 3 is 2.59 bits per heavy atom. The molecule has 1 aliphatic heterocycles. The number of piperidine rings is 1. The van der Waals surface area contributed by atoms with Crippen LogP contribution in [0.1, 0.15) is 30.1 Å². The first-order valence-electron chi connectivity index (χ1n) is 11.0. The van der Waals surface area contributed by atoms with E-state index in [0.29, 0.717) is 0 Å². The summed E-state index contributed by atoms with van der Waals surface area (Å²) in [7, 11) is 0. The van der Waals surface area contributed by atoms with Crippen LogP contribution in [0.25, 0.3) is 10.9 Å². The molecule has 2 N–H and O–H groups in total. The first-order valence-corrected chi connectivity index (χ1v) is 11.8. The number of pyridine rings is 2. The van der Waals surface area contributed by atoms with E-state index in [9.17, 15) is 0 Å². The predicted molar refractivity (Wildman–Crippen MR) is 127 cm³/mol. The lowest BCUT2D eigenvalue weighted by molar-refractivity contribution is 0.186. The average molecular weight is 441 g/mol. The summed E-state index contributed by atoms with van der Waals surface area (Å²) < 4.78 is 0. The van der Waals surface area contributed by atoms with Crippen molar-refractivity contribution in [2.24, 2.45) is 11.1 Å². The second-order valence-electron chi connectivity index (χ2n) is 8.68. The molecule has 6 rings (SSSR count). The van der Waals surface area contributed by atoms with Crippen molar-refractivity contribution >= 4 is 28.5 Å². The summed E-state index contributed by atoms with van der Waals surface area (Å²) in [6.45, 7) is 1.88. The number of benzene rings is 1. The van der Waals surface area contributed by atoms with Gasteiger partial charge in [0.2, 0.25) is 0 Å². The normalized spacial score (nSPS) is 19.4. The van der Waals surface area contributed by atoms with Gasteiger partial charge in [-0.15, -0.1) is 0 Å². The van der Waals surface area contributed by atoms with Gasteiger partial charge < -0.3 is 10.6 Å². The van der Waals surface area contributed by atoms with Crippen LogP contribution in [-0.2, 0) is 6.42 Å². The van der Waals surface area contributed by atoms with E-state index in [1.54, 1.807) is 11.8 Å². The predicted octanol–water partition coefficient (Wildman–Crippen LogP) is 4.41. The highest BCUT2D eigenvalue weighted by Gasteiger charge is 2.46. The van der Waals surface area contributed by atoms with Crippen molar-refractivity contribution in [3.05, 3.63) is 78.5 Å². The van der Waals surface area contributed by atoms with Crippen LogP contribution in [0.15, 0.2) is 77.2 Å². The van der Waals surface area contributed by atoms with Gasteiger partial charge in [0.1, 0.15) is 10.8 Å². The van der Waals surface area contributed by atoms with E-state index in [2.05, 4.69) is 27.0 Å². The molecule has 0 amide bonds. The molecule has 1 aromatic carbocycles. The molecular formula is C25H24N6S. The van der Waals surface area contributed by atoms with Crippen LogP contribution >= 0.6 is 11.8 Å². The Morgan fingerprint density at radius 2 is 1.78 bits per heavy atom. The molecule has 3 aromatic heterocycles. The number of fused-ring (bicyclic) bond motifs is 2. The topological polar surface area (TPSA) is 80.8 Å². The van der Waals surface area contributed by atoms with Crippen LogP contribution in [0, 0.1) is 5.41 Å². The molecule has 1 saturated heterocycles. The molecule has 4 heterocycles. The van der Waals surface area contributed by atoms with Gasteiger partial charge in [-0.1, -0.05) is 36.0 Å². The Kier molecular flexibility index (Phi) is 4.81. The fraction of sp³-hybridized carbons (Fsp3) is 0.280. The summed E-state index contributed by atoms with van der Waals surface area (Å²) in [5.41, 5.74) is 10.2. The van der Waals surface area contributed by atoms with Gasteiger partial charge in [-0.2, -0.15) is 0 Å². The van der Waals surface area contributed by atoms with E-state index in [1.807, 2.05) is 55.1 Å². The third-order valence-electron chi connectivity index (χ3n) is 6.96. The van der Waals surface area contributed by atoms with E-state index >= 15 is 0 Å². The number of rotatable bonds is 3. The summed E-state index contributed by atoms with van der Waals surface area (Å²) >= 11 is 1.63. The highest BCUT2D eigenvalue weighted by atomic mass is 32.2. The summed E-state index contributed by atoms with van der Waals surface area (Å²) in [5, 5.41) is 2.02. The van der Waals surface area contributed by atoms with Gasteiger partial charge in [-0.05, 0) is 48.4 Å². The molecule has 6 nitrogen and oxygen atoms in total. The number of nitrogens with two attached hydrogens (primary N) is 1. The van der Waals surface area contributed by atoms with E-state index in [4.69, 9.17) is 15.7 Å². The summed E-state index contributed by atoms with van der Waals surface area (Å²) in [6.07, 6.45) is 10.6. The van der Waals surface area contributed by atoms with Gasteiger partial charge in [0, 0.05) is 47.5 Å². The first kappa shape index (κ1) is 19.6. The lowest BCUT2D eigenvalue weighted by Crippen LogP contribution is -2.44. The molecule has 32 heavy (non-hydrogen) atoms. The molecule has 0 radical (unpaired) electrons. The monoisotopic (exact) mass is 440 g/mol. The number of nitrogens with zero attached hydrogens (tertiary/aromatic N) is 5. The minimum Gasteiger partial charge on any atom is -0.355 e. The highest BCUT2D eigenvalue weighted by Crippen LogP contribution is 2.50. The first-order chi connectivity index (χ1) is 15.7. The van der Waals surface area contributed by atoms with Crippen LogP contribution in [0.5, 0.6) is 0 Å². The van der Waals surface area contributed by atoms with Crippen molar-refractivity contribution < 1.29 is 0 Å². The van der Waals surface area contributed by atoms with Gasteiger partial charge in [0.25, 0.3) is 0 Å². The molecule has 0 bridgehead atoms. The molecule has 7 heteroatoms. The second kappa shape index (κ2) is 7.83. The Balaban J connectivity index is 1.15. The van der Waals surface area contributed by atoms with Crippen LogP contribution in [0.2, 0.25) is 0 Å². The molecular weight excluding hydrogens is 416 g/mol. The van der Waals surface area contributed by atoms with Crippen LogP contribution in [0.3, 0.4) is 0 Å². The lowest BCUT2D eigenvalue weighted by atomic mass is 9.73. The molecule has 160 valence electrons. The fourth-order valence-electron chi connectivity index (χ4n) is 5.12. The third kappa shape index (κ3) is 3.32. The average Bonchev–Trinajstić information content (AvgIpc) is 3.12. The quantitative estimate of drug-likeness (QED) is 0.505. The molecule has 4 aromatic rings. The van der Waals surface area contributed by atoms with Gasteiger partial charge in [0.15, 0.2) is 0 Å². The standard InChI is InChI=1S/C25H24N6S/c26-24-18-5-3-10-27-20(18)14-25(24)8-12-31(13-9-25)22-15-30-23(16-29-22)32-21-7-11-28-19-6-2-1-4-17(19)21/h1-7,10-11,15-16,24H,8-9,12-14,26H2/t24-/m1/s1. The van der Waals surface area contributed by atoms with Crippen LogP contribution in [0.4, 0.5) is 5.82 Å². The molecule has 1 atom stereocenters. The Bertz CT molecular complexity index is 1260. The zero-order valence-corrected chi connectivity index (χ0v) is 18.5. The number of aromatic nitrogens is 4. The lowest BCUT2D eigenvalue weighted by Gasteiger charge is -2.42. The summed E-state index contributed by atoms with van der Waals surface area (Å²) in [6, 6.07) is 14.4. The summed E-state index contributed by atoms with van der Waals surface area (Å²) in [5.74, 6) is 0.936. The van der Waals surface area contributed by atoms with Gasteiger partial charge in [0.05, 0.1) is 17.9 Å². The maximum atomic E-state index is 6.68. The largest absolute Gasteiger partial charge is 0.355 e. The van der Waals surface area contributed by atoms with Crippen molar-refractivity contribution in [1.82, 2.24) is 19.9 Å². The molecule has 0 saturated carbocycles. The number of anilines is 1. The number of hydrogen-bond acceptors (Lipinski definition) is 7. The van der Waals surface area contributed by atoms with Crippen LogP contribution in [-0.4, -0.2) is 33.0 Å². The molecule has 1 spiro atoms. The molecule has 1 fully saturated rings. The van der Waals surface area contributed by atoms with Gasteiger partial charge in [-0.25, -0.2) is 9.97 Å². The third-order valence-corrected chi connectivity index (χ3v) is 7.96. The number of para-hydroxylation sites is 1. The van der Waals surface area contributed by atoms with E-state index in [1.165, 1.54) is 11.3 Å². The zero-order valence-electron chi connectivity index (χ0n) is 17.7. The van der Waals surface area contributed by atoms with Gasteiger partial charge >= 0.3 is 0 Å². The zero-order chi connectivity index (χ0) is 21.5. The Morgan fingerprint density at radius 1 is 0.906 bits per heavy atom. The smallest absolute Gasteiger partial charge is 0.147 e. The van der Waals surface area contributed by atoms with E-state index in [-0.39, 0.29) is 11.5 Å². The number of hydrogen-bond donors (Lipinski definition) is 1. The molecule has 0 unspecified atom stereocenters. The maximum absolute atomic E-state index is 6.68. The highest BCUT2D eigenvalue weighted by molar-refractivity contribution is 7.99. The Hall–Kier alpha value is -3.03. The SMILES string of the molecule is N[C@@H]1c2cccnc2CC12CCN(c1cnc(Sc3ccnc4ccccc34)cn1)CC2. The second-order valence-corrected chi connectivity index (χ2v) is 9.75. The van der Waals surface area contributed by atoms with Crippen molar-refractivity contribution in [2.45, 2.75) is 35.2 Å².